The molecule has 2 saturated heterocycles. The summed E-state index contributed by atoms with van der Waals surface area (Å²) >= 11 is 0. The number of likely N-dealkylation sites (tertiary alicyclic amines) is 1. The molecular weight excluding hydrogens is 372 g/mol. The minimum absolute atomic E-state index is 0.122. The van der Waals surface area contributed by atoms with E-state index in [9.17, 15) is 9.59 Å². The van der Waals surface area contributed by atoms with Crippen LogP contribution in [0.2, 0.25) is 0 Å². The van der Waals surface area contributed by atoms with E-state index in [2.05, 4.69) is 15.6 Å². The van der Waals surface area contributed by atoms with Crippen molar-refractivity contribution in [3.05, 3.63) is 47.8 Å². The van der Waals surface area contributed by atoms with Crippen molar-refractivity contribution in [1.29, 1.82) is 0 Å². The van der Waals surface area contributed by atoms with Gasteiger partial charge < -0.3 is 25.0 Å². The molecule has 2 aliphatic heterocycles. The molecule has 1 aromatic carbocycles. The van der Waals surface area contributed by atoms with E-state index in [0.717, 1.165) is 25.0 Å². The zero-order valence-electron chi connectivity index (χ0n) is 16.5. The summed E-state index contributed by atoms with van der Waals surface area (Å²) in [6.45, 7) is 3.96. The first-order chi connectivity index (χ1) is 14.0. The molecule has 8 heteroatoms. The van der Waals surface area contributed by atoms with Crippen LogP contribution in [-0.2, 0) is 4.74 Å². The van der Waals surface area contributed by atoms with E-state index in [-0.39, 0.29) is 23.2 Å². The van der Waals surface area contributed by atoms with Crippen LogP contribution >= 0.6 is 0 Å². The molecule has 0 aliphatic carbocycles. The predicted octanol–water partition coefficient (Wildman–Crippen LogP) is 2.94. The number of nitrogens with zero attached hydrogens (tertiary/aromatic N) is 2. The lowest BCUT2D eigenvalue weighted by molar-refractivity contribution is -0.0893. The molecule has 1 aromatic heterocycles. The third-order valence-corrected chi connectivity index (χ3v) is 5.29. The van der Waals surface area contributed by atoms with Gasteiger partial charge in [0.15, 0.2) is 0 Å². The molecule has 2 aliphatic rings. The molecule has 8 nitrogen and oxygen atoms in total. The third kappa shape index (κ3) is 4.02. The van der Waals surface area contributed by atoms with Gasteiger partial charge in [0.05, 0.1) is 13.1 Å². The molecule has 2 fully saturated rings. The van der Waals surface area contributed by atoms with Crippen molar-refractivity contribution in [2.75, 3.05) is 32.1 Å². The maximum Gasteiger partial charge on any atom is 0.322 e. The number of nitrogens with one attached hydrogen (secondary N) is 2. The number of aryl methyl sites for hydroxylation is 1. The SMILES string of the molecule is CNC(=O)c1cc(Oc2cc(NC(=O)N3CC4(CCCO4)C3)ccc2C)ccn1. The highest BCUT2D eigenvalue weighted by Crippen LogP contribution is 2.35. The van der Waals surface area contributed by atoms with E-state index in [4.69, 9.17) is 9.47 Å². The molecule has 2 aromatic rings. The summed E-state index contributed by atoms with van der Waals surface area (Å²) in [4.78, 5) is 30.1. The minimum Gasteiger partial charge on any atom is -0.457 e. The Kier molecular flexibility index (Phi) is 5.10. The van der Waals surface area contributed by atoms with Gasteiger partial charge in [-0.05, 0) is 37.5 Å². The van der Waals surface area contributed by atoms with Gasteiger partial charge in [-0.25, -0.2) is 4.79 Å². The van der Waals surface area contributed by atoms with Crippen LogP contribution in [0.3, 0.4) is 0 Å². The summed E-state index contributed by atoms with van der Waals surface area (Å²) in [6.07, 6.45) is 3.60. The summed E-state index contributed by atoms with van der Waals surface area (Å²) in [5, 5.41) is 5.45. The van der Waals surface area contributed by atoms with E-state index < -0.39 is 0 Å². The maximum atomic E-state index is 12.5. The molecule has 0 radical (unpaired) electrons. The number of ether oxygens (including phenoxy) is 2. The molecule has 0 bridgehead atoms. The normalized spacial score (nSPS) is 17.0. The summed E-state index contributed by atoms with van der Waals surface area (Å²) in [7, 11) is 1.55. The number of hydrogen-bond donors (Lipinski definition) is 2. The molecule has 1 spiro atoms. The van der Waals surface area contributed by atoms with Crippen molar-refractivity contribution >= 4 is 17.6 Å². The molecular formula is C21H24N4O4. The Labute approximate surface area is 169 Å². The number of pyridine rings is 1. The Morgan fingerprint density at radius 3 is 2.79 bits per heavy atom. The number of carbonyl (C=O) groups excluding carboxylic acids is 2. The Morgan fingerprint density at radius 2 is 2.07 bits per heavy atom. The van der Waals surface area contributed by atoms with Crippen molar-refractivity contribution in [2.24, 2.45) is 0 Å². The van der Waals surface area contributed by atoms with Crippen molar-refractivity contribution < 1.29 is 19.1 Å². The number of urea groups is 1. The molecule has 0 unspecified atom stereocenters. The number of aromatic nitrogens is 1. The van der Waals surface area contributed by atoms with Crippen LogP contribution in [0.15, 0.2) is 36.5 Å². The Hall–Kier alpha value is -3.13. The van der Waals surface area contributed by atoms with Crippen LogP contribution in [0.25, 0.3) is 0 Å². The number of anilines is 1. The first kappa shape index (κ1) is 19.2. The van der Waals surface area contributed by atoms with E-state index in [1.165, 1.54) is 6.20 Å². The summed E-state index contributed by atoms with van der Waals surface area (Å²) in [5.74, 6) is 0.802. The van der Waals surface area contributed by atoms with Crippen LogP contribution < -0.4 is 15.4 Å². The fraction of sp³-hybridized carbons (Fsp3) is 0.381. The van der Waals surface area contributed by atoms with E-state index in [1.807, 2.05) is 19.1 Å². The number of benzene rings is 1. The smallest absolute Gasteiger partial charge is 0.322 e. The lowest BCUT2D eigenvalue weighted by Gasteiger charge is -2.46. The average molecular weight is 396 g/mol. The van der Waals surface area contributed by atoms with Gasteiger partial charge in [0.1, 0.15) is 22.8 Å². The number of amides is 3. The zero-order valence-corrected chi connectivity index (χ0v) is 16.5. The molecule has 0 atom stereocenters. The van der Waals surface area contributed by atoms with Gasteiger partial charge in [-0.1, -0.05) is 6.07 Å². The van der Waals surface area contributed by atoms with Crippen LogP contribution in [0.1, 0.15) is 28.9 Å². The van der Waals surface area contributed by atoms with Gasteiger partial charge in [-0.3, -0.25) is 9.78 Å². The van der Waals surface area contributed by atoms with Gasteiger partial charge in [0, 0.05) is 37.7 Å². The fourth-order valence-corrected chi connectivity index (χ4v) is 3.64. The monoisotopic (exact) mass is 396 g/mol. The van der Waals surface area contributed by atoms with E-state index in [1.54, 1.807) is 30.1 Å². The molecule has 3 amide bonds. The van der Waals surface area contributed by atoms with Crippen LogP contribution in [0.4, 0.5) is 10.5 Å². The maximum absolute atomic E-state index is 12.5. The first-order valence-electron chi connectivity index (χ1n) is 9.65. The Balaban J connectivity index is 1.43. The highest BCUT2D eigenvalue weighted by molar-refractivity contribution is 5.92. The van der Waals surface area contributed by atoms with Crippen LogP contribution in [-0.4, -0.2) is 54.2 Å². The van der Waals surface area contributed by atoms with Crippen molar-refractivity contribution in [3.8, 4) is 11.5 Å². The van der Waals surface area contributed by atoms with Crippen molar-refractivity contribution in [3.63, 3.8) is 0 Å². The molecule has 0 saturated carbocycles. The van der Waals surface area contributed by atoms with Crippen LogP contribution in [0, 0.1) is 6.92 Å². The quantitative estimate of drug-likeness (QED) is 0.829. The second-order valence-electron chi connectivity index (χ2n) is 7.46. The molecule has 2 N–H and O–H groups in total. The fourth-order valence-electron chi connectivity index (χ4n) is 3.64. The second-order valence-corrected chi connectivity index (χ2v) is 7.46. The van der Waals surface area contributed by atoms with Crippen molar-refractivity contribution in [1.82, 2.24) is 15.2 Å². The third-order valence-electron chi connectivity index (χ3n) is 5.29. The van der Waals surface area contributed by atoms with Crippen LogP contribution in [0.5, 0.6) is 11.5 Å². The minimum atomic E-state index is -0.285. The predicted molar refractivity (Wildman–Crippen MR) is 107 cm³/mol. The lowest BCUT2D eigenvalue weighted by Crippen LogP contribution is -2.63. The summed E-state index contributed by atoms with van der Waals surface area (Å²) in [6, 6.07) is 8.59. The Morgan fingerprint density at radius 1 is 1.24 bits per heavy atom. The van der Waals surface area contributed by atoms with Gasteiger partial charge >= 0.3 is 6.03 Å². The molecule has 152 valence electrons. The molecule has 3 heterocycles. The highest BCUT2D eigenvalue weighted by atomic mass is 16.5. The standard InChI is InChI=1S/C21H24N4O4/c1-14-4-5-15(24-20(27)25-12-21(13-25)7-3-9-28-21)10-18(14)29-16-6-8-23-17(11-16)19(26)22-2/h4-6,8,10-11H,3,7,9,12-13H2,1-2H3,(H,22,26)(H,24,27). The topological polar surface area (TPSA) is 92.8 Å². The van der Waals surface area contributed by atoms with Gasteiger partial charge in [-0.15, -0.1) is 0 Å². The lowest BCUT2D eigenvalue weighted by atomic mass is 9.91. The second kappa shape index (κ2) is 7.71. The van der Waals surface area contributed by atoms with Gasteiger partial charge in [-0.2, -0.15) is 0 Å². The average Bonchev–Trinajstić information content (AvgIpc) is 3.19. The van der Waals surface area contributed by atoms with E-state index in [0.29, 0.717) is 30.3 Å². The summed E-state index contributed by atoms with van der Waals surface area (Å²) < 4.78 is 11.7. The highest BCUT2D eigenvalue weighted by Gasteiger charge is 2.48. The number of rotatable bonds is 4. The largest absolute Gasteiger partial charge is 0.457 e. The number of hydrogen-bond acceptors (Lipinski definition) is 5. The van der Waals surface area contributed by atoms with Gasteiger partial charge in [0.25, 0.3) is 5.91 Å². The molecule has 4 rings (SSSR count). The zero-order chi connectivity index (χ0) is 20.4. The van der Waals surface area contributed by atoms with Crippen molar-refractivity contribution in [2.45, 2.75) is 25.4 Å². The molecule has 29 heavy (non-hydrogen) atoms. The van der Waals surface area contributed by atoms with E-state index >= 15 is 0 Å². The first-order valence-corrected chi connectivity index (χ1v) is 9.65. The summed E-state index contributed by atoms with van der Waals surface area (Å²) in [5.41, 5.74) is 1.70. The Bertz CT molecular complexity index is 932. The van der Waals surface area contributed by atoms with Gasteiger partial charge in [0.2, 0.25) is 0 Å². The number of carbonyl (C=O) groups is 2.